The molecule has 35 heavy (non-hydrogen) atoms. The first kappa shape index (κ1) is 25.4. The van der Waals surface area contributed by atoms with Crippen molar-refractivity contribution in [1.29, 1.82) is 0 Å². The average Bonchev–Trinajstić information content (AvgIpc) is 3.14. The molecule has 9 heteroatoms. The van der Waals surface area contributed by atoms with Gasteiger partial charge < -0.3 is 24.6 Å². The zero-order valence-corrected chi connectivity index (χ0v) is 20.9. The van der Waals surface area contributed by atoms with Crippen molar-refractivity contribution in [2.24, 2.45) is 5.92 Å². The molecule has 0 saturated carbocycles. The number of nitrogens with one attached hydrogen (secondary N) is 1. The van der Waals surface area contributed by atoms with Crippen molar-refractivity contribution in [3.05, 3.63) is 29.8 Å². The summed E-state index contributed by atoms with van der Waals surface area (Å²) in [7, 11) is 3.22. The number of carbonyl (C=O) groups excluding carboxylic acids is 3. The molecule has 0 aliphatic carbocycles. The van der Waals surface area contributed by atoms with E-state index in [1.54, 1.807) is 26.4 Å². The smallest absolute Gasteiger partial charge is 0.325 e. The van der Waals surface area contributed by atoms with Gasteiger partial charge in [-0.05, 0) is 62.4 Å². The summed E-state index contributed by atoms with van der Waals surface area (Å²) in [5.74, 6) is 0.673. The Labute approximate surface area is 207 Å². The number of imide groups is 1. The van der Waals surface area contributed by atoms with Crippen LogP contribution in [0.1, 0.15) is 44.1 Å². The Kier molecular flexibility index (Phi) is 8.62. The van der Waals surface area contributed by atoms with E-state index in [1.807, 2.05) is 17.0 Å². The summed E-state index contributed by atoms with van der Waals surface area (Å²) in [6.45, 7) is 4.07. The molecule has 3 saturated heterocycles. The number of carbonyl (C=O) groups is 3. The molecule has 1 aromatic carbocycles. The van der Waals surface area contributed by atoms with Gasteiger partial charge in [-0.2, -0.15) is 0 Å². The van der Waals surface area contributed by atoms with Crippen LogP contribution in [0.4, 0.5) is 4.79 Å². The molecule has 4 rings (SSSR count). The van der Waals surface area contributed by atoms with E-state index in [9.17, 15) is 14.4 Å². The highest BCUT2D eigenvalue weighted by Gasteiger charge is 2.40. The topological polar surface area (TPSA) is 91.4 Å². The van der Waals surface area contributed by atoms with Crippen molar-refractivity contribution >= 4 is 17.8 Å². The summed E-state index contributed by atoms with van der Waals surface area (Å²) in [4.78, 5) is 44.5. The Morgan fingerprint density at radius 3 is 2.60 bits per heavy atom. The number of nitrogens with zero attached hydrogens (tertiary/aromatic N) is 3. The Morgan fingerprint density at radius 1 is 1.09 bits per heavy atom. The summed E-state index contributed by atoms with van der Waals surface area (Å²) < 4.78 is 10.4. The molecular formula is C26H38N4O5. The normalized spacial score (nSPS) is 24.7. The lowest BCUT2D eigenvalue weighted by Gasteiger charge is -2.45. The molecule has 3 aliphatic rings. The summed E-state index contributed by atoms with van der Waals surface area (Å²) in [5.41, 5.74) is 0.817. The molecule has 0 aromatic heterocycles. The second-order valence-corrected chi connectivity index (χ2v) is 9.81. The molecule has 0 bridgehead atoms. The van der Waals surface area contributed by atoms with Gasteiger partial charge in [0.2, 0.25) is 5.91 Å². The summed E-state index contributed by atoms with van der Waals surface area (Å²) in [5, 5.41) is 2.71. The molecule has 3 fully saturated rings. The van der Waals surface area contributed by atoms with Crippen LogP contribution in [0, 0.1) is 5.92 Å². The number of rotatable bonds is 10. The van der Waals surface area contributed by atoms with E-state index in [2.05, 4.69) is 10.2 Å². The number of piperidine rings is 2. The molecule has 3 aliphatic heterocycles. The highest BCUT2D eigenvalue weighted by Crippen LogP contribution is 2.31. The number of urea groups is 1. The van der Waals surface area contributed by atoms with Gasteiger partial charge in [0.15, 0.2) is 0 Å². The highest BCUT2D eigenvalue weighted by molar-refractivity contribution is 6.05. The molecule has 1 aromatic rings. The fraction of sp³-hybridized carbons (Fsp3) is 0.654. The zero-order chi connectivity index (χ0) is 24.8. The van der Waals surface area contributed by atoms with Crippen LogP contribution in [0.5, 0.6) is 5.75 Å². The predicted octanol–water partition coefficient (Wildman–Crippen LogP) is 2.25. The van der Waals surface area contributed by atoms with Crippen LogP contribution >= 0.6 is 0 Å². The van der Waals surface area contributed by atoms with Gasteiger partial charge in [0, 0.05) is 26.2 Å². The van der Waals surface area contributed by atoms with Gasteiger partial charge >= 0.3 is 6.03 Å². The van der Waals surface area contributed by atoms with E-state index in [0.29, 0.717) is 37.4 Å². The lowest BCUT2D eigenvalue weighted by atomic mass is 9.83. The molecule has 0 unspecified atom stereocenters. The maximum absolute atomic E-state index is 13.3. The van der Waals surface area contributed by atoms with Gasteiger partial charge in [-0.25, -0.2) is 4.79 Å². The molecular weight excluding hydrogens is 448 g/mol. The molecule has 192 valence electrons. The van der Waals surface area contributed by atoms with E-state index >= 15 is 0 Å². The standard InChI is InChI=1S/C26H38N4O5/c1-34-15-14-29(18-20-6-5-13-28-12-4-3-7-23(20)28)24(31)16-22-25(32)30(26(33)27-22)17-19-8-10-21(35-2)11-9-19/h8-11,20,22-23H,3-7,12-18H2,1-2H3,(H,27,33)/t20-,22-,23+/m0/s1. The number of methoxy groups -OCH3 is 2. The summed E-state index contributed by atoms with van der Waals surface area (Å²) in [6, 6.07) is 6.46. The minimum atomic E-state index is -0.837. The van der Waals surface area contributed by atoms with Crippen LogP contribution in [0.25, 0.3) is 0 Å². The van der Waals surface area contributed by atoms with Crippen LogP contribution in [0.2, 0.25) is 0 Å². The first-order valence-corrected chi connectivity index (χ1v) is 12.8. The van der Waals surface area contributed by atoms with Crippen molar-refractivity contribution in [3.8, 4) is 5.75 Å². The Balaban J connectivity index is 1.37. The number of hydrogen-bond donors (Lipinski definition) is 1. The van der Waals surface area contributed by atoms with Crippen LogP contribution in [-0.4, -0.2) is 91.6 Å². The molecule has 0 radical (unpaired) electrons. The summed E-state index contributed by atoms with van der Waals surface area (Å²) >= 11 is 0. The minimum Gasteiger partial charge on any atom is -0.497 e. The second kappa shape index (κ2) is 11.9. The maximum atomic E-state index is 13.3. The number of hydrogen-bond acceptors (Lipinski definition) is 6. The number of ether oxygens (including phenoxy) is 2. The van der Waals surface area contributed by atoms with Crippen LogP contribution in [0.15, 0.2) is 24.3 Å². The fourth-order valence-corrected chi connectivity index (χ4v) is 5.67. The van der Waals surface area contributed by atoms with Crippen molar-refractivity contribution in [3.63, 3.8) is 0 Å². The predicted molar refractivity (Wildman–Crippen MR) is 131 cm³/mol. The van der Waals surface area contributed by atoms with Crippen molar-refractivity contribution in [2.75, 3.05) is 47.0 Å². The van der Waals surface area contributed by atoms with Crippen LogP contribution in [0.3, 0.4) is 0 Å². The van der Waals surface area contributed by atoms with Crippen LogP contribution in [-0.2, 0) is 20.9 Å². The van der Waals surface area contributed by atoms with E-state index in [-0.39, 0.29) is 24.8 Å². The van der Waals surface area contributed by atoms with E-state index in [1.165, 1.54) is 24.2 Å². The lowest BCUT2D eigenvalue weighted by molar-refractivity contribution is -0.137. The Morgan fingerprint density at radius 2 is 1.86 bits per heavy atom. The average molecular weight is 487 g/mol. The Bertz CT molecular complexity index is 890. The SMILES string of the molecule is COCCN(C[C@@H]1CCCN2CCCC[C@H]12)C(=O)C[C@@H]1NC(=O)N(Cc2ccc(OC)cc2)C1=O. The highest BCUT2D eigenvalue weighted by atomic mass is 16.5. The molecule has 0 spiro atoms. The molecule has 3 atom stereocenters. The van der Waals surface area contributed by atoms with Crippen LogP contribution < -0.4 is 10.1 Å². The van der Waals surface area contributed by atoms with E-state index < -0.39 is 12.1 Å². The van der Waals surface area contributed by atoms with E-state index in [4.69, 9.17) is 9.47 Å². The number of benzene rings is 1. The number of amides is 4. The van der Waals surface area contributed by atoms with Gasteiger partial charge in [-0.15, -0.1) is 0 Å². The first-order valence-electron chi connectivity index (χ1n) is 12.8. The minimum absolute atomic E-state index is 0.0332. The summed E-state index contributed by atoms with van der Waals surface area (Å²) in [6.07, 6.45) is 5.93. The largest absolute Gasteiger partial charge is 0.497 e. The molecule has 1 N–H and O–H groups in total. The van der Waals surface area contributed by atoms with Gasteiger partial charge in [-0.3, -0.25) is 14.5 Å². The maximum Gasteiger partial charge on any atom is 0.325 e. The number of fused-ring (bicyclic) bond motifs is 1. The van der Waals surface area contributed by atoms with E-state index in [0.717, 1.165) is 31.5 Å². The van der Waals surface area contributed by atoms with Gasteiger partial charge in [0.1, 0.15) is 11.8 Å². The first-order chi connectivity index (χ1) is 17.0. The fourth-order valence-electron chi connectivity index (χ4n) is 5.67. The third-order valence-corrected chi connectivity index (χ3v) is 7.59. The monoisotopic (exact) mass is 486 g/mol. The molecule has 9 nitrogen and oxygen atoms in total. The van der Waals surface area contributed by atoms with Crippen molar-refractivity contribution < 1.29 is 23.9 Å². The van der Waals surface area contributed by atoms with Crippen molar-refractivity contribution in [1.82, 2.24) is 20.0 Å². The lowest BCUT2D eigenvalue weighted by Crippen LogP contribution is -2.52. The molecule has 3 heterocycles. The molecule has 4 amide bonds. The third kappa shape index (κ3) is 6.13. The zero-order valence-electron chi connectivity index (χ0n) is 20.9. The second-order valence-electron chi connectivity index (χ2n) is 9.81. The van der Waals surface area contributed by atoms with Gasteiger partial charge in [-0.1, -0.05) is 18.6 Å². The quantitative estimate of drug-likeness (QED) is 0.510. The van der Waals surface area contributed by atoms with Gasteiger partial charge in [0.05, 0.1) is 26.7 Å². The third-order valence-electron chi connectivity index (χ3n) is 7.59. The van der Waals surface area contributed by atoms with Crippen molar-refractivity contribution in [2.45, 2.75) is 57.2 Å². The Hall–Kier alpha value is -2.65. The van der Waals surface area contributed by atoms with Gasteiger partial charge in [0.25, 0.3) is 5.91 Å².